The maximum Gasteiger partial charge on any atom is 0.320 e. The number of hydrogen-bond acceptors (Lipinski definition) is 3. The van der Waals surface area contributed by atoms with Crippen molar-refractivity contribution in [2.45, 2.75) is 39.3 Å². The monoisotopic (exact) mass is 227 g/mol. The Balaban J connectivity index is 2.47. The van der Waals surface area contributed by atoms with Crippen LogP contribution in [0.5, 0.6) is 0 Å². The number of rotatable bonds is 6. The first-order chi connectivity index (χ1) is 7.15. The second-order valence-corrected chi connectivity index (χ2v) is 4.38. The van der Waals surface area contributed by atoms with Crippen LogP contribution in [0.15, 0.2) is 10.8 Å². The molecule has 0 saturated carbocycles. The third-order valence-electron chi connectivity index (χ3n) is 2.38. The molecule has 1 atom stereocenters. The van der Waals surface area contributed by atoms with Gasteiger partial charge in [-0.05, 0) is 35.2 Å². The average molecular weight is 227 g/mol. The summed E-state index contributed by atoms with van der Waals surface area (Å²) in [5.74, 6) is -0.760. The minimum absolute atomic E-state index is 0.422. The van der Waals surface area contributed by atoms with Crippen LogP contribution in [0, 0.1) is 6.92 Å². The summed E-state index contributed by atoms with van der Waals surface area (Å²) >= 11 is 1.65. The van der Waals surface area contributed by atoms with Crippen molar-refractivity contribution in [2.75, 3.05) is 0 Å². The number of nitrogens with one attached hydrogen (secondary N) is 1. The van der Waals surface area contributed by atoms with E-state index in [-0.39, 0.29) is 0 Å². The molecule has 0 aromatic carbocycles. The standard InChI is InChI=1S/C11H17NO2S/c1-3-4-10(11(13)14)12-5-9-7-15-6-8(9)2/h6-7,10,12H,3-5H2,1-2H3,(H,13,14). The minimum Gasteiger partial charge on any atom is -0.480 e. The van der Waals surface area contributed by atoms with Gasteiger partial charge in [0.2, 0.25) is 0 Å². The zero-order valence-electron chi connectivity index (χ0n) is 9.12. The van der Waals surface area contributed by atoms with Crippen molar-refractivity contribution in [3.8, 4) is 0 Å². The van der Waals surface area contributed by atoms with E-state index in [1.807, 2.05) is 13.8 Å². The highest BCUT2D eigenvalue weighted by atomic mass is 32.1. The predicted octanol–water partition coefficient (Wildman–Crippen LogP) is 2.40. The Hall–Kier alpha value is -0.870. The number of carboxylic acids is 1. The second-order valence-electron chi connectivity index (χ2n) is 3.64. The summed E-state index contributed by atoms with van der Waals surface area (Å²) in [7, 11) is 0. The van der Waals surface area contributed by atoms with Crippen molar-refractivity contribution in [2.24, 2.45) is 0 Å². The maximum absolute atomic E-state index is 10.9. The molecule has 4 heteroatoms. The summed E-state index contributed by atoms with van der Waals surface area (Å²) in [5.41, 5.74) is 2.43. The fourth-order valence-corrected chi connectivity index (χ4v) is 2.26. The molecule has 0 amide bonds. The molecule has 1 unspecified atom stereocenters. The molecule has 0 aliphatic heterocycles. The molecule has 0 fully saturated rings. The fourth-order valence-electron chi connectivity index (χ4n) is 1.40. The van der Waals surface area contributed by atoms with Crippen LogP contribution >= 0.6 is 11.3 Å². The van der Waals surface area contributed by atoms with Crippen LogP contribution in [0.4, 0.5) is 0 Å². The molecule has 15 heavy (non-hydrogen) atoms. The van der Waals surface area contributed by atoms with E-state index in [0.29, 0.717) is 13.0 Å². The molecule has 1 rings (SSSR count). The average Bonchev–Trinajstić information content (AvgIpc) is 2.58. The molecule has 0 aliphatic rings. The Bertz CT molecular complexity index is 322. The number of aliphatic carboxylic acids is 1. The summed E-state index contributed by atoms with van der Waals surface area (Å²) in [6, 6.07) is -0.422. The molecule has 3 nitrogen and oxygen atoms in total. The quantitative estimate of drug-likeness (QED) is 0.784. The van der Waals surface area contributed by atoms with Crippen molar-refractivity contribution in [3.63, 3.8) is 0 Å². The molecule has 0 spiro atoms. The number of carbonyl (C=O) groups is 1. The zero-order chi connectivity index (χ0) is 11.3. The number of thiophene rings is 1. The summed E-state index contributed by atoms with van der Waals surface area (Å²) in [5, 5.41) is 16.2. The predicted molar refractivity (Wildman–Crippen MR) is 62.2 cm³/mol. The van der Waals surface area contributed by atoms with Gasteiger partial charge in [-0.2, -0.15) is 11.3 Å². The Morgan fingerprint density at radius 2 is 2.33 bits per heavy atom. The largest absolute Gasteiger partial charge is 0.480 e. The van der Waals surface area contributed by atoms with E-state index in [4.69, 9.17) is 5.11 Å². The highest BCUT2D eigenvalue weighted by Crippen LogP contribution is 2.13. The van der Waals surface area contributed by atoms with Crippen molar-refractivity contribution in [3.05, 3.63) is 21.9 Å². The molecule has 0 bridgehead atoms. The molecule has 1 aromatic heterocycles. The van der Waals surface area contributed by atoms with E-state index >= 15 is 0 Å². The third-order valence-corrected chi connectivity index (χ3v) is 3.29. The number of hydrogen-bond donors (Lipinski definition) is 2. The summed E-state index contributed by atoms with van der Waals surface area (Å²) in [6.07, 6.45) is 1.56. The van der Waals surface area contributed by atoms with Crippen LogP contribution in [-0.4, -0.2) is 17.1 Å². The summed E-state index contributed by atoms with van der Waals surface area (Å²) in [6.45, 7) is 4.68. The van der Waals surface area contributed by atoms with Crippen molar-refractivity contribution < 1.29 is 9.90 Å². The van der Waals surface area contributed by atoms with E-state index in [0.717, 1.165) is 6.42 Å². The van der Waals surface area contributed by atoms with Gasteiger partial charge < -0.3 is 10.4 Å². The van der Waals surface area contributed by atoms with Crippen molar-refractivity contribution >= 4 is 17.3 Å². The van der Waals surface area contributed by atoms with Gasteiger partial charge in [-0.25, -0.2) is 0 Å². The van der Waals surface area contributed by atoms with Crippen LogP contribution < -0.4 is 5.32 Å². The molecule has 1 aromatic rings. The Morgan fingerprint density at radius 1 is 1.60 bits per heavy atom. The molecule has 84 valence electrons. The normalized spacial score (nSPS) is 12.7. The van der Waals surface area contributed by atoms with Gasteiger partial charge in [0.05, 0.1) is 0 Å². The van der Waals surface area contributed by atoms with Crippen LogP contribution in [-0.2, 0) is 11.3 Å². The molecular formula is C11H17NO2S. The highest BCUT2D eigenvalue weighted by Gasteiger charge is 2.15. The van der Waals surface area contributed by atoms with Gasteiger partial charge in [-0.15, -0.1) is 0 Å². The molecule has 0 radical (unpaired) electrons. The minimum atomic E-state index is -0.760. The number of aryl methyl sites for hydroxylation is 1. The molecule has 0 aliphatic carbocycles. The van der Waals surface area contributed by atoms with Crippen molar-refractivity contribution in [1.29, 1.82) is 0 Å². The highest BCUT2D eigenvalue weighted by molar-refractivity contribution is 7.08. The lowest BCUT2D eigenvalue weighted by molar-refractivity contribution is -0.139. The van der Waals surface area contributed by atoms with Gasteiger partial charge in [0.15, 0.2) is 0 Å². The van der Waals surface area contributed by atoms with E-state index in [2.05, 4.69) is 16.1 Å². The van der Waals surface area contributed by atoms with Gasteiger partial charge in [0, 0.05) is 6.54 Å². The fraction of sp³-hybridized carbons (Fsp3) is 0.545. The van der Waals surface area contributed by atoms with Crippen LogP contribution in [0.3, 0.4) is 0 Å². The van der Waals surface area contributed by atoms with Crippen LogP contribution in [0.2, 0.25) is 0 Å². The summed E-state index contributed by atoms with van der Waals surface area (Å²) < 4.78 is 0. The van der Waals surface area contributed by atoms with Gasteiger partial charge in [-0.1, -0.05) is 13.3 Å². The first kappa shape index (κ1) is 12.2. The second kappa shape index (κ2) is 5.88. The maximum atomic E-state index is 10.9. The Morgan fingerprint density at radius 3 is 2.80 bits per heavy atom. The van der Waals surface area contributed by atoms with E-state index in [9.17, 15) is 4.79 Å². The first-order valence-electron chi connectivity index (χ1n) is 5.13. The van der Waals surface area contributed by atoms with Gasteiger partial charge in [0.1, 0.15) is 6.04 Å². The lowest BCUT2D eigenvalue weighted by Crippen LogP contribution is -2.36. The SMILES string of the molecule is CCCC(NCc1cscc1C)C(=O)O. The molecular weight excluding hydrogens is 210 g/mol. The lowest BCUT2D eigenvalue weighted by Gasteiger charge is -2.13. The Kier molecular flexibility index (Phi) is 4.78. The van der Waals surface area contributed by atoms with Gasteiger partial charge in [-0.3, -0.25) is 4.79 Å². The first-order valence-corrected chi connectivity index (χ1v) is 6.07. The van der Waals surface area contributed by atoms with Gasteiger partial charge >= 0.3 is 5.97 Å². The summed E-state index contributed by atoms with van der Waals surface area (Å²) in [4.78, 5) is 10.9. The van der Waals surface area contributed by atoms with Crippen LogP contribution in [0.25, 0.3) is 0 Å². The van der Waals surface area contributed by atoms with E-state index in [1.165, 1.54) is 11.1 Å². The zero-order valence-corrected chi connectivity index (χ0v) is 9.93. The molecule has 0 saturated heterocycles. The van der Waals surface area contributed by atoms with Gasteiger partial charge in [0.25, 0.3) is 0 Å². The van der Waals surface area contributed by atoms with E-state index in [1.54, 1.807) is 11.3 Å². The topological polar surface area (TPSA) is 49.3 Å². The molecule has 2 N–H and O–H groups in total. The Labute approximate surface area is 94.1 Å². The number of carboxylic acid groups (broad SMARTS) is 1. The van der Waals surface area contributed by atoms with Crippen LogP contribution in [0.1, 0.15) is 30.9 Å². The molecule has 1 heterocycles. The third kappa shape index (κ3) is 3.64. The van der Waals surface area contributed by atoms with E-state index < -0.39 is 12.0 Å². The lowest BCUT2D eigenvalue weighted by atomic mass is 10.1. The smallest absolute Gasteiger partial charge is 0.320 e. The van der Waals surface area contributed by atoms with Crippen molar-refractivity contribution in [1.82, 2.24) is 5.32 Å².